The van der Waals surface area contributed by atoms with Crippen molar-refractivity contribution in [3.8, 4) is 0 Å². The molecule has 0 aliphatic rings. The Bertz CT molecular complexity index is 355. The van der Waals surface area contributed by atoms with Gasteiger partial charge in [0.25, 0.3) is 0 Å². The van der Waals surface area contributed by atoms with Gasteiger partial charge in [-0.2, -0.15) is 0 Å². The van der Waals surface area contributed by atoms with E-state index in [0.29, 0.717) is 13.0 Å². The Hall–Kier alpha value is -1.06. The maximum absolute atomic E-state index is 10.9. The van der Waals surface area contributed by atoms with Gasteiger partial charge in [0.15, 0.2) is 0 Å². The number of carboxylic acid groups (broad SMARTS) is 1. The van der Waals surface area contributed by atoms with Crippen LogP contribution in [0.15, 0.2) is 24.3 Å². The zero-order chi connectivity index (χ0) is 12.0. The molecule has 0 saturated heterocycles. The van der Waals surface area contributed by atoms with Crippen molar-refractivity contribution in [1.29, 1.82) is 0 Å². The first-order valence-corrected chi connectivity index (χ1v) is 5.65. The third-order valence-electron chi connectivity index (χ3n) is 2.68. The Balaban J connectivity index is 0.00000256. The Kier molecular flexibility index (Phi) is 7.59. The summed E-state index contributed by atoms with van der Waals surface area (Å²) in [7, 11) is 0. The Morgan fingerprint density at radius 2 is 2.06 bits per heavy atom. The molecule has 96 valence electrons. The molecule has 0 aliphatic carbocycles. The smallest absolute Gasteiger partial charge is 0.320 e. The minimum Gasteiger partial charge on any atom is -0.480 e. The molecule has 1 atom stereocenters. The summed E-state index contributed by atoms with van der Waals surface area (Å²) in [6.07, 6.45) is 1.54. The van der Waals surface area contributed by atoms with Gasteiger partial charge in [-0.15, -0.1) is 12.4 Å². The molecule has 4 heteroatoms. The average Bonchev–Trinajstić information content (AvgIpc) is 2.26. The van der Waals surface area contributed by atoms with Crippen molar-refractivity contribution < 1.29 is 9.90 Å². The molecule has 3 nitrogen and oxygen atoms in total. The lowest BCUT2D eigenvalue weighted by molar-refractivity contribution is -0.139. The minimum atomic E-state index is -0.768. The molecule has 0 bridgehead atoms. The second kappa shape index (κ2) is 8.09. The van der Waals surface area contributed by atoms with E-state index in [0.717, 1.165) is 12.0 Å². The van der Waals surface area contributed by atoms with Crippen molar-refractivity contribution in [2.75, 3.05) is 0 Å². The highest BCUT2D eigenvalue weighted by molar-refractivity contribution is 5.85. The van der Waals surface area contributed by atoms with Gasteiger partial charge in [0, 0.05) is 6.54 Å². The van der Waals surface area contributed by atoms with Crippen molar-refractivity contribution in [2.24, 2.45) is 0 Å². The van der Waals surface area contributed by atoms with E-state index in [-0.39, 0.29) is 12.4 Å². The fraction of sp³-hybridized carbons (Fsp3) is 0.462. The highest BCUT2D eigenvalue weighted by atomic mass is 35.5. The van der Waals surface area contributed by atoms with Crippen LogP contribution in [0.2, 0.25) is 0 Å². The average molecular weight is 258 g/mol. The number of carboxylic acids is 1. The van der Waals surface area contributed by atoms with Crippen LogP contribution in [0, 0.1) is 6.92 Å². The molecule has 0 aromatic heterocycles. The quantitative estimate of drug-likeness (QED) is 0.824. The molecule has 0 aliphatic heterocycles. The van der Waals surface area contributed by atoms with Crippen LogP contribution in [0.4, 0.5) is 0 Å². The van der Waals surface area contributed by atoms with Crippen LogP contribution in [0.5, 0.6) is 0 Å². The topological polar surface area (TPSA) is 49.3 Å². The summed E-state index contributed by atoms with van der Waals surface area (Å²) in [6, 6.07) is 7.57. The zero-order valence-corrected chi connectivity index (χ0v) is 11.1. The second-order valence-electron chi connectivity index (χ2n) is 3.99. The molecular weight excluding hydrogens is 238 g/mol. The molecule has 1 aromatic rings. The van der Waals surface area contributed by atoms with Gasteiger partial charge in [0.1, 0.15) is 6.04 Å². The second-order valence-corrected chi connectivity index (χ2v) is 3.99. The van der Waals surface area contributed by atoms with E-state index in [2.05, 4.69) is 5.32 Å². The van der Waals surface area contributed by atoms with Gasteiger partial charge >= 0.3 is 5.97 Å². The number of nitrogens with one attached hydrogen (secondary N) is 1. The third kappa shape index (κ3) is 5.20. The number of aliphatic carboxylic acids is 1. The Morgan fingerprint density at radius 3 is 2.59 bits per heavy atom. The first-order chi connectivity index (χ1) is 7.65. The number of hydrogen-bond donors (Lipinski definition) is 2. The van der Waals surface area contributed by atoms with E-state index in [1.165, 1.54) is 5.56 Å². The Labute approximate surface area is 109 Å². The normalized spacial score (nSPS) is 11.6. The van der Waals surface area contributed by atoms with Gasteiger partial charge in [-0.1, -0.05) is 37.6 Å². The maximum Gasteiger partial charge on any atom is 0.320 e. The fourth-order valence-corrected chi connectivity index (χ4v) is 1.64. The van der Waals surface area contributed by atoms with Crippen molar-refractivity contribution in [2.45, 2.75) is 39.3 Å². The molecule has 0 radical (unpaired) electrons. The number of halogens is 1. The molecule has 2 N–H and O–H groups in total. The maximum atomic E-state index is 10.9. The van der Waals surface area contributed by atoms with Crippen LogP contribution < -0.4 is 5.32 Å². The summed E-state index contributed by atoms with van der Waals surface area (Å²) >= 11 is 0. The summed E-state index contributed by atoms with van der Waals surface area (Å²) in [6.45, 7) is 4.64. The summed E-state index contributed by atoms with van der Waals surface area (Å²) in [4.78, 5) is 10.9. The molecule has 0 heterocycles. The molecule has 0 saturated carbocycles. The number of carbonyl (C=O) groups is 1. The predicted molar refractivity (Wildman–Crippen MR) is 71.6 cm³/mol. The highest BCUT2D eigenvalue weighted by Crippen LogP contribution is 2.07. The number of aryl methyl sites for hydroxylation is 1. The highest BCUT2D eigenvalue weighted by Gasteiger charge is 2.15. The van der Waals surface area contributed by atoms with E-state index in [1.54, 1.807) is 0 Å². The molecule has 1 unspecified atom stereocenters. The summed E-state index contributed by atoms with van der Waals surface area (Å²) < 4.78 is 0. The molecule has 0 fully saturated rings. The van der Waals surface area contributed by atoms with Gasteiger partial charge in [0.05, 0.1) is 0 Å². The first kappa shape index (κ1) is 15.9. The summed E-state index contributed by atoms with van der Waals surface area (Å²) in [5.74, 6) is -0.768. The molecule has 0 amide bonds. The van der Waals surface area contributed by atoms with Crippen molar-refractivity contribution in [3.63, 3.8) is 0 Å². The van der Waals surface area contributed by atoms with Crippen LogP contribution in [0.1, 0.15) is 30.9 Å². The lowest BCUT2D eigenvalue weighted by Crippen LogP contribution is -2.36. The molecule has 1 aromatic carbocycles. The molecule has 1 rings (SSSR count). The summed E-state index contributed by atoms with van der Waals surface area (Å²) in [5.41, 5.74) is 2.35. The number of rotatable bonds is 6. The van der Waals surface area contributed by atoms with Gasteiger partial charge in [-0.3, -0.25) is 4.79 Å². The lowest BCUT2D eigenvalue weighted by Gasteiger charge is -2.14. The van der Waals surface area contributed by atoms with Crippen LogP contribution in [0.25, 0.3) is 0 Å². The van der Waals surface area contributed by atoms with Crippen molar-refractivity contribution >= 4 is 18.4 Å². The number of benzene rings is 1. The monoisotopic (exact) mass is 257 g/mol. The lowest BCUT2D eigenvalue weighted by atomic mass is 10.1. The molecule has 17 heavy (non-hydrogen) atoms. The minimum absolute atomic E-state index is 0. The standard InChI is InChI=1S/C13H19NO2.ClH/c1-3-6-12(13(15)16)14-9-11-8-5-4-7-10(11)2;/h4-5,7-8,12,14H,3,6,9H2,1-2H3,(H,15,16);1H. The van der Waals surface area contributed by atoms with Gasteiger partial charge in [-0.25, -0.2) is 0 Å². The fourth-order valence-electron chi connectivity index (χ4n) is 1.64. The molecule has 0 spiro atoms. The van der Waals surface area contributed by atoms with E-state index in [9.17, 15) is 4.79 Å². The van der Waals surface area contributed by atoms with E-state index in [1.807, 2.05) is 38.1 Å². The summed E-state index contributed by atoms with van der Waals surface area (Å²) in [5, 5.41) is 12.1. The van der Waals surface area contributed by atoms with Crippen LogP contribution in [-0.2, 0) is 11.3 Å². The predicted octanol–water partition coefficient (Wildman–Crippen LogP) is 2.76. The van der Waals surface area contributed by atoms with Gasteiger partial charge in [-0.05, 0) is 24.5 Å². The van der Waals surface area contributed by atoms with Crippen LogP contribution >= 0.6 is 12.4 Å². The largest absolute Gasteiger partial charge is 0.480 e. The van der Waals surface area contributed by atoms with Gasteiger partial charge in [0.2, 0.25) is 0 Å². The SMILES string of the molecule is CCCC(NCc1ccccc1C)C(=O)O.Cl. The number of hydrogen-bond acceptors (Lipinski definition) is 2. The van der Waals surface area contributed by atoms with E-state index in [4.69, 9.17) is 5.11 Å². The van der Waals surface area contributed by atoms with E-state index < -0.39 is 12.0 Å². The molecular formula is C13H20ClNO2. The Morgan fingerprint density at radius 1 is 1.41 bits per heavy atom. The van der Waals surface area contributed by atoms with E-state index >= 15 is 0 Å². The van der Waals surface area contributed by atoms with Crippen molar-refractivity contribution in [1.82, 2.24) is 5.32 Å². The van der Waals surface area contributed by atoms with Crippen LogP contribution in [0.3, 0.4) is 0 Å². The van der Waals surface area contributed by atoms with Crippen molar-refractivity contribution in [3.05, 3.63) is 35.4 Å². The third-order valence-corrected chi connectivity index (χ3v) is 2.68. The zero-order valence-electron chi connectivity index (χ0n) is 10.3. The van der Waals surface area contributed by atoms with Gasteiger partial charge < -0.3 is 10.4 Å². The first-order valence-electron chi connectivity index (χ1n) is 5.65. The van der Waals surface area contributed by atoms with Crippen LogP contribution in [-0.4, -0.2) is 17.1 Å².